The Balaban J connectivity index is 1.47. The van der Waals surface area contributed by atoms with Crippen LogP contribution in [0.15, 0.2) is 48.8 Å². The smallest absolute Gasteiger partial charge is 0.272 e. The van der Waals surface area contributed by atoms with Crippen LogP contribution in [0.4, 0.5) is 5.95 Å². The third kappa shape index (κ3) is 3.15. The molecule has 26 heavy (non-hydrogen) atoms. The fraction of sp³-hybridized carbons (Fsp3) is 0.263. The molecular weight excluding hydrogens is 330 g/mol. The number of piperazine rings is 1. The molecule has 3 aromatic rings. The first kappa shape index (κ1) is 16.3. The van der Waals surface area contributed by atoms with Gasteiger partial charge in [-0.15, -0.1) is 0 Å². The molecule has 2 aromatic heterocycles. The molecule has 0 atom stereocenters. The Labute approximate surface area is 151 Å². The number of nitrogens with zero attached hydrogens (tertiary/aromatic N) is 5. The average molecular weight is 349 g/mol. The number of pyridine rings is 1. The Hall–Kier alpha value is -3.22. The highest BCUT2D eigenvalue weighted by atomic mass is 16.5. The van der Waals surface area contributed by atoms with Gasteiger partial charge in [0.25, 0.3) is 5.91 Å². The molecule has 1 fully saturated rings. The van der Waals surface area contributed by atoms with Crippen LogP contribution in [0.5, 0.6) is 5.75 Å². The molecular formula is C19H19N5O2. The number of rotatable bonds is 3. The van der Waals surface area contributed by atoms with E-state index < -0.39 is 0 Å². The first-order valence-electron chi connectivity index (χ1n) is 8.50. The number of ether oxygens (including phenoxy) is 1. The molecule has 1 aliphatic rings. The van der Waals surface area contributed by atoms with Crippen molar-refractivity contribution in [2.75, 3.05) is 38.2 Å². The van der Waals surface area contributed by atoms with Crippen molar-refractivity contribution in [1.82, 2.24) is 19.9 Å². The molecule has 1 amide bonds. The minimum absolute atomic E-state index is 0.0450. The van der Waals surface area contributed by atoms with Gasteiger partial charge in [0.2, 0.25) is 5.95 Å². The normalized spacial score (nSPS) is 14.5. The molecule has 0 N–H and O–H groups in total. The molecule has 1 aliphatic heterocycles. The molecule has 4 rings (SSSR count). The van der Waals surface area contributed by atoms with Crippen LogP contribution in [0.25, 0.3) is 10.9 Å². The molecule has 0 saturated carbocycles. The fourth-order valence-electron chi connectivity index (χ4n) is 3.08. The van der Waals surface area contributed by atoms with Gasteiger partial charge in [0, 0.05) is 44.0 Å². The van der Waals surface area contributed by atoms with E-state index in [1.165, 1.54) is 0 Å². The molecule has 0 spiro atoms. The van der Waals surface area contributed by atoms with Gasteiger partial charge >= 0.3 is 0 Å². The van der Waals surface area contributed by atoms with Gasteiger partial charge < -0.3 is 14.5 Å². The molecule has 0 unspecified atom stereocenters. The summed E-state index contributed by atoms with van der Waals surface area (Å²) in [6, 6.07) is 11.1. The zero-order valence-corrected chi connectivity index (χ0v) is 14.5. The maximum atomic E-state index is 12.8. The standard InChI is InChI=1S/C19H19N5O2/c1-26-15-4-6-16-14(13-15)3-5-17(22-16)18(25)23-9-11-24(12-10-23)19-20-7-2-8-21-19/h2-8,13H,9-12H2,1H3. The summed E-state index contributed by atoms with van der Waals surface area (Å²) in [5.41, 5.74) is 1.25. The van der Waals surface area contributed by atoms with E-state index in [0.717, 1.165) is 16.7 Å². The van der Waals surface area contributed by atoms with Crippen LogP contribution < -0.4 is 9.64 Å². The summed E-state index contributed by atoms with van der Waals surface area (Å²) in [6.45, 7) is 2.67. The number of hydrogen-bond donors (Lipinski definition) is 0. The van der Waals surface area contributed by atoms with E-state index in [4.69, 9.17) is 4.74 Å². The van der Waals surface area contributed by atoms with Crippen molar-refractivity contribution >= 4 is 22.8 Å². The van der Waals surface area contributed by atoms with Crippen LogP contribution in [0.2, 0.25) is 0 Å². The van der Waals surface area contributed by atoms with Crippen LogP contribution in [-0.2, 0) is 0 Å². The number of benzene rings is 1. The number of carbonyl (C=O) groups excluding carboxylic acids is 1. The van der Waals surface area contributed by atoms with Crippen LogP contribution in [-0.4, -0.2) is 59.0 Å². The van der Waals surface area contributed by atoms with Crippen molar-refractivity contribution in [3.05, 3.63) is 54.5 Å². The lowest BCUT2D eigenvalue weighted by molar-refractivity contribution is 0.0740. The first-order chi connectivity index (χ1) is 12.7. The van der Waals surface area contributed by atoms with Gasteiger partial charge in [-0.1, -0.05) is 6.07 Å². The summed E-state index contributed by atoms with van der Waals surface area (Å²) < 4.78 is 5.22. The molecule has 0 bridgehead atoms. The quantitative estimate of drug-likeness (QED) is 0.720. The van der Waals surface area contributed by atoms with E-state index in [1.807, 2.05) is 29.2 Å². The van der Waals surface area contributed by atoms with Crippen molar-refractivity contribution in [3.8, 4) is 5.75 Å². The summed E-state index contributed by atoms with van der Waals surface area (Å²) in [7, 11) is 1.63. The lowest BCUT2D eigenvalue weighted by Gasteiger charge is -2.34. The molecule has 3 heterocycles. The predicted octanol–water partition coefficient (Wildman–Crippen LogP) is 2.00. The van der Waals surface area contributed by atoms with Gasteiger partial charge in [-0.25, -0.2) is 15.0 Å². The average Bonchev–Trinajstić information content (AvgIpc) is 2.73. The highest BCUT2D eigenvalue weighted by Crippen LogP contribution is 2.20. The van der Waals surface area contributed by atoms with Crippen molar-refractivity contribution in [1.29, 1.82) is 0 Å². The Bertz CT molecular complexity index is 924. The number of anilines is 1. The highest BCUT2D eigenvalue weighted by Gasteiger charge is 2.24. The number of fused-ring (bicyclic) bond motifs is 1. The number of methoxy groups -OCH3 is 1. The lowest BCUT2D eigenvalue weighted by Crippen LogP contribution is -2.49. The predicted molar refractivity (Wildman–Crippen MR) is 98.4 cm³/mol. The molecule has 132 valence electrons. The second kappa shape index (κ2) is 6.95. The van der Waals surface area contributed by atoms with Crippen LogP contribution in [0.1, 0.15) is 10.5 Å². The van der Waals surface area contributed by atoms with E-state index in [0.29, 0.717) is 37.8 Å². The zero-order chi connectivity index (χ0) is 17.9. The summed E-state index contributed by atoms with van der Waals surface area (Å²) in [4.78, 5) is 29.8. The molecule has 1 saturated heterocycles. The van der Waals surface area contributed by atoms with E-state index in [2.05, 4.69) is 19.9 Å². The minimum atomic E-state index is -0.0450. The Morgan fingerprint density at radius 3 is 2.54 bits per heavy atom. The number of carbonyl (C=O) groups is 1. The maximum absolute atomic E-state index is 12.8. The molecule has 0 aliphatic carbocycles. The van der Waals surface area contributed by atoms with Gasteiger partial charge in [0.15, 0.2) is 0 Å². The third-order valence-corrected chi connectivity index (χ3v) is 4.52. The first-order valence-corrected chi connectivity index (χ1v) is 8.50. The molecule has 0 radical (unpaired) electrons. The topological polar surface area (TPSA) is 71.5 Å². The Morgan fingerprint density at radius 2 is 1.81 bits per heavy atom. The second-order valence-electron chi connectivity index (χ2n) is 6.08. The van der Waals surface area contributed by atoms with Crippen LogP contribution in [0.3, 0.4) is 0 Å². The Morgan fingerprint density at radius 1 is 1.04 bits per heavy atom. The minimum Gasteiger partial charge on any atom is -0.497 e. The summed E-state index contributed by atoms with van der Waals surface area (Å²) in [5, 5.41) is 0.951. The molecule has 7 nitrogen and oxygen atoms in total. The van der Waals surface area contributed by atoms with Crippen molar-refractivity contribution in [2.24, 2.45) is 0 Å². The van der Waals surface area contributed by atoms with Crippen LogP contribution in [0, 0.1) is 0 Å². The lowest BCUT2D eigenvalue weighted by atomic mass is 10.2. The zero-order valence-electron chi connectivity index (χ0n) is 14.5. The second-order valence-corrected chi connectivity index (χ2v) is 6.08. The number of aromatic nitrogens is 3. The largest absolute Gasteiger partial charge is 0.497 e. The van der Waals surface area contributed by atoms with Gasteiger partial charge in [-0.2, -0.15) is 0 Å². The van der Waals surface area contributed by atoms with E-state index in [-0.39, 0.29) is 5.91 Å². The molecule has 1 aromatic carbocycles. The van der Waals surface area contributed by atoms with Crippen molar-refractivity contribution < 1.29 is 9.53 Å². The van der Waals surface area contributed by atoms with Gasteiger partial charge in [-0.05, 0) is 30.3 Å². The maximum Gasteiger partial charge on any atom is 0.272 e. The van der Waals surface area contributed by atoms with Crippen molar-refractivity contribution in [3.63, 3.8) is 0 Å². The SMILES string of the molecule is COc1ccc2nc(C(=O)N3CCN(c4ncccn4)CC3)ccc2c1. The Kier molecular flexibility index (Phi) is 4.35. The highest BCUT2D eigenvalue weighted by molar-refractivity contribution is 5.95. The monoisotopic (exact) mass is 349 g/mol. The molecule has 7 heteroatoms. The summed E-state index contributed by atoms with van der Waals surface area (Å²) >= 11 is 0. The van der Waals surface area contributed by atoms with Gasteiger partial charge in [0.1, 0.15) is 11.4 Å². The fourth-order valence-corrected chi connectivity index (χ4v) is 3.08. The number of amides is 1. The third-order valence-electron chi connectivity index (χ3n) is 4.52. The number of hydrogen-bond acceptors (Lipinski definition) is 6. The summed E-state index contributed by atoms with van der Waals surface area (Å²) in [6.07, 6.45) is 3.46. The van der Waals surface area contributed by atoms with E-state index in [1.54, 1.807) is 31.6 Å². The van der Waals surface area contributed by atoms with Crippen molar-refractivity contribution in [2.45, 2.75) is 0 Å². The van der Waals surface area contributed by atoms with Gasteiger partial charge in [0.05, 0.1) is 12.6 Å². The van der Waals surface area contributed by atoms with Crippen LogP contribution >= 0.6 is 0 Å². The van der Waals surface area contributed by atoms with E-state index >= 15 is 0 Å². The van der Waals surface area contributed by atoms with Gasteiger partial charge in [-0.3, -0.25) is 4.79 Å². The van der Waals surface area contributed by atoms with E-state index in [9.17, 15) is 4.79 Å². The summed E-state index contributed by atoms with van der Waals surface area (Å²) in [5.74, 6) is 1.44.